The van der Waals surface area contributed by atoms with E-state index in [1.165, 1.54) is 13.0 Å². The quantitative estimate of drug-likeness (QED) is 0.102. The zero-order chi connectivity index (χ0) is 34.0. The number of hydrogen-bond donors (Lipinski definition) is 3. The van der Waals surface area contributed by atoms with Gasteiger partial charge < -0.3 is 20.5 Å². The molecule has 0 aliphatic carbocycles. The van der Waals surface area contributed by atoms with E-state index in [4.69, 9.17) is 4.74 Å². The van der Waals surface area contributed by atoms with Crippen molar-refractivity contribution in [3.63, 3.8) is 0 Å². The van der Waals surface area contributed by atoms with Crippen molar-refractivity contribution in [3.8, 4) is 0 Å². The van der Waals surface area contributed by atoms with Crippen LogP contribution in [0.2, 0.25) is 0 Å². The van der Waals surface area contributed by atoms with Crippen LogP contribution in [0, 0.1) is 11.8 Å². The number of carbonyl (C=O) groups excluding carboxylic acids is 4. The average Bonchev–Trinajstić information content (AvgIpc) is 3.02. The normalized spacial score (nSPS) is 14.7. The van der Waals surface area contributed by atoms with Gasteiger partial charge in [0.25, 0.3) is 0 Å². The number of Topliss-reactive ketones (excluding diaryl/α,β-unsaturated/α-hetero) is 2. The molecule has 8 nitrogen and oxygen atoms in total. The number of unbranched alkanes of at least 4 members (excludes halogenated alkanes) is 4. The van der Waals surface area contributed by atoms with Crippen molar-refractivity contribution in [1.82, 2.24) is 10.6 Å². The lowest BCUT2D eigenvalue weighted by molar-refractivity contribution is -0.132. The van der Waals surface area contributed by atoms with E-state index in [1.807, 2.05) is 74.5 Å². The Morgan fingerprint density at radius 3 is 2.09 bits per heavy atom. The minimum atomic E-state index is -1.19. The van der Waals surface area contributed by atoms with E-state index in [0.29, 0.717) is 12.8 Å². The van der Waals surface area contributed by atoms with Crippen LogP contribution in [0.15, 0.2) is 72.8 Å². The maximum absolute atomic E-state index is 13.9. The highest BCUT2D eigenvalue weighted by Crippen LogP contribution is 2.20. The molecule has 2 rings (SSSR count). The predicted octanol–water partition coefficient (Wildman–Crippen LogP) is 6.89. The maximum Gasteiger partial charge on any atom is 0.408 e. The summed E-state index contributed by atoms with van der Waals surface area (Å²) in [5.74, 6) is -1.56. The molecular formula is C38H54N2O6. The van der Waals surface area contributed by atoms with Gasteiger partial charge in [-0.25, -0.2) is 4.79 Å². The smallest absolute Gasteiger partial charge is 0.408 e. The Morgan fingerprint density at radius 1 is 0.891 bits per heavy atom. The molecule has 252 valence electrons. The van der Waals surface area contributed by atoms with Crippen LogP contribution in [-0.2, 0) is 32.1 Å². The standard InChI is InChI=1S/C38H54N2O6/c1-6-7-8-9-16-22-38(5,45)23-21-33(40-37(44)46-27-31-19-14-11-15-20-31)35(42)26-32(25-30-17-12-10-13-18-30)36(43)39-34(29(4)41)24-28(2)3/h10-15,17-21,23,28,32-34,45H,6-9,16,22,24-27H2,1-5H3,(H,39,43)(H,40,44)/b23-21+/t32-,33+,34+,38?/m1/s1. The van der Waals surface area contributed by atoms with Crippen LogP contribution in [0.5, 0.6) is 0 Å². The van der Waals surface area contributed by atoms with Gasteiger partial charge in [-0.05, 0) is 50.2 Å². The van der Waals surface area contributed by atoms with Crippen molar-refractivity contribution < 1.29 is 29.0 Å². The number of ether oxygens (including phenoxy) is 1. The summed E-state index contributed by atoms with van der Waals surface area (Å²) in [7, 11) is 0. The molecule has 0 spiro atoms. The van der Waals surface area contributed by atoms with Crippen LogP contribution >= 0.6 is 0 Å². The highest BCUT2D eigenvalue weighted by Gasteiger charge is 2.30. The fraction of sp³-hybridized carbons (Fsp3) is 0.526. The lowest BCUT2D eigenvalue weighted by Crippen LogP contribution is -2.46. The number of benzene rings is 2. The minimum absolute atomic E-state index is 0.0219. The Balaban J connectivity index is 2.27. The van der Waals surface area contributed by atoms with Gasteiger partial charge in [0.1, 0.15) is 12.6 Å². The number of aliphatic hydroxyl groups is 1. The second-order valence-electron chi connectivity index (χ2n) is 12.9. The Hall–Kier alpha value is -3.78. The SMILES string of the molecule is CCCCCCCC(C)(O)/C=C/[C@H](NC(=O)OCc1ccccc1)C(=O)C[C@@H](Cc1ccccc1)C(=O)N[C@@H](CC(C)C)C(C)=O. The van der Waals surface area contributed by atoms with Crippen LogP contribution in [0.4, 0.5) is 4.79 Å². The summed E-state index contributed by atoms with van der Waals surface area (Å²) in [5.41, 5.74) is 0.474. The molecule has 0 aliphatic rings. The summed E-state index contributed by atoms with van der Waals surface area (Å²) in [5, 5.41) is 16.6. The number of amides is 2. The largest absolute Gasteiger partial charge is 0.445 e. The van der Waals surface area contributed by atoms with Gasteiger partial charge in [-0.1, -0.05) is 126 Å². The lowest BCUT2D eigenvalue weighted by atomic mass is 9.89. The first-order valence-electron chi connectivity index (χ1n) is 16.7. The Labute approximate surface area is 275 Å². The van der Waals surface area contributed by atoms with Gasteiger partial charge in [-0.3, -0.25) is 14.4 Å². The second kappa shape index (κ2) is 20.4. The highest BCUT2D eigenvalue weighted by atomic mass is 16.5. The Bertz CT molecular complexity index is 1240. The van der Waals surface area contributed by atoms with E-state index in [9.17, 15) is 24.3 Å². The molecule has 46 heavy (non-hydrogen) atoms. The Kier molecular flexibility index (Phi) is 17.0. The van der Waals surface area contributed by atoms with Gasteiger partial charge in [-0.2, -0.15) is 0 Å². The van der Waals surface area contributed by atoms with Gasteiger partial charge in [0.05, 0.1) is 11.6 Å². The topological polar surface area (TPSA) is 122 Å². The fourth-order valence-electron chi connectivity index (χ4n) is 5.21. The van der Waals surface area contributed by atoms with Crippen LogP contribution in [0.25, 0.3) is 0 Å². The summed E-state index contributed by atoms with van der Waals surface area (Å²) in [4.78, 5) is 52.7. The third-order valence-electron chi connectivity index (χ3n) is 7.92. The monoisotopic (exact) mass is 634 g/mol. The molecular weight excluding hydrogens is 580 g/mol. The minimum Gasteiger partial charge on any atom is -0.445 e. The number of hydrogen-bond acceptors (Lipinski definition) is 6. The van der Waals surface area contributed by atoms with E-state index in [2.05, 4.69) is 17.6 Å². The summed E-state index contributed by atoms with van der Waals surface area (Å²) in [6.07, 6.45) is 8.52. The number of ketones is 2. The van der Waals surface area contributed by atoms with Crippen molar-refractivity contribution in [2.75, 3.05) is 0 Å². The summed E-state index contributed by atoms with van der Waals surface area (Å²) in [6, 6.07) is 16.8. The third-order valence-corrected chi connectivity index (χ3v) is 7.92. The number of rotatable bonds is 21. The number of nitrogens with one attached hydrogen (secondary N) is 2. The molecule has 0 fully saturated rings. The summed E-state index contributed by atoms with van der Waals surface area (Å²) in [6.45, 7) is 9.26. The molecule has 0 bridgehead atoms. The first kappa shape index (κ1) is 38.4. The molecule has 0 radical (unpaired) electrons. The molecule has 0 saturated heterocycles. The maximum atomic E-state index is 13.9. The molecule has 1 unspecified atom stereocenters. The van der Waals surface area contributed by atoms with Gasteiger partial charge in [0.2, 0.25) is 5.91 Å². The second-order valence-corrected chi connectivity index (χ2v) is 12.9. The van der Waals surface area contributed by atoms with E-state index < -0.39 is 41.4 Å². The highest BCUT2D eigenvalue weighted by molar-refractivity contribution is 5.94. The number of carbonyl (C=O) groups is 4. The van der Waals surface area contributed by atoms with Crippen molar-refractivity contribution in [3.05, 3.63) is 83.9 Å². The average molecular weight is 635 g/mol. The number of alkyl carbamates (subject to hydrolysis) is 1. The first-order chi connectivity index (χ1) is 21.9. The molecule has 4 atom stereocenters. The van der Waals surface area contributed by atoms with Crippen LogP contribution in [0.1, 0.15) is 97.1 Å². The molecule has 3 N–H and O–H groups in total. The summed E-state index contributed by atoms with van der Waals surface area (Å²) < 4.78 is 5.39. The Morgan fingerprint density at radius 2 is 1.50 bits per heavy atom. The fourth-order valence-corrected chi connectivity index (χ4v) is 5.21. The molecule has 2 amide bonds. The molecule has 2 aromatic rings. The third kappa shape index (κ3) is 15.5. The predicted molar refractivity (Wildman–Crippen MR) is 182 cm³/mol. The zero-order valence-corrected chi connectivity index (χ0v) is 28.3. The van der Waals surface area contributed by atoms with E-state index in [1.54, 1.807) is 13.0 Å². The van der Waals surface area contributed by atoms with Gasteiger partial charge in [0.15, 0.2) is 11.6 Å². The van der Waals surface area contributed by atoms with Crippen LogP contribution in [-0.4, -0.2) is 46.4 Å². The van der Waals surface area contributed by atoms with Crippen molar-refractivity contribution in [2.45, 2.75) is 117 Å². The summed E-state index contributed by atoms with van der Waals surface area (Å²) >= 11 is 0. The zero-order valence-electron chi connectivity index (χ0n) is 28.3. The van der Waals surface area contributed by atoms with Crippen molar-refractivity contribution in [2.24, 2.45) is 11.8 Å². The molecule has 0 aliphatic heterocycles. The van der Waals surface area contributed by atoms with E-state index >= 15 is 0 Å². The van der Waals surface area contributed by atoms with Crippen molar-refractivity contribution in [1.29, 1.82) is 0 Å². The van der Waals surface area contributed by atoms with E-state index in [0.717, 1.165) is 43.2 Å². The lowest BCUT2D eigenvalue weighted by Gasteiger charge is -2.24. The van der Waals surface area contributed by atoms with Gasteiger partial charge in [0, 0.05) is 12.3 Å². The molecule has 8 heteroatoms. The van der Waals surface area contributed by atoms with Crippen molar-refractivity contribution >= 4 is 23.6 Å². The van der Waals surface area contributed by atoms with E-state index in [-0.39, 0.29) is 31.1 Å². The van der Waals surface area contributed by atoms with Crippen LogP contribution < -0.4 is 10.6 Å². The van der Waals surface area contributed by atoms with Crippen LogP contribution in [0.3, 0.4) is 0 Å². The molecule has 0 saturated carbocycles. The molecule has 0 heterocycles. The van der Waals surface area contributed by atoms with Gasteiger partial charge >= 0.3 is 6.09 Å². The molecule has 2 aromatic carbocycles. The van der Waals surface area contributed by atoms with Gasteiger partial charge in [-0.15, -0.1) is 0 Å². The first-order valence-corrected chi connectivity index (χ1v) is 16.7. The molecule has 0 aromatic heterocycles.